The Hall–Kier alpha value is -0.790. The highest BCUT2D eigenvalue weighted by atomic mass is 35.5. The van der Waals surface area contributed by atoms with Crippen molar-refractivity contribution in [3.63, 3.8) is 0 Å². The molecule has 1 aromatic carbocycles. The minimum Gasteiger partial charge on any atom is -0.300 e. The van der Waals surface area contributed by atoms with E-state index in [-0.39, 0.29) is 5.78 Å². The summed E-state index contributed by atoms with van der Waals surface area (Å²) < 4.78 is 0. The average molecular weight is 257 g/mol. The lowest BCUT2D eigenvalue weighted by atomic mass is 10.1. The van der Waals surface area contributed by atoms with Gasteiger partial charge in [0.2, 0.25) is 0 Å². The van der Waals surface area contributed by atoms with Crippen molar-refractivity contribution in [1.82, 2.24) is 0 Å². The van der Waals surface area contributed by atoms with Crippen molar-refractivity contribution in [3.8, 4) is 0 Å². The Balaban J connectivity index is 2.75. The van der Waals surface area contributed by atoms with Crippen molar-refractivity contribution in [2.75, 3.05) is 0 Å². The molecule has 1 nitrogen and oxygen atoms in total. The summed E-state index contributed by atoms with van der Waals surface area (Å²) in [5.74, 6) is 0.207. The van der Waals surface area contributed by atoms with E-state index in [0.717, 1.165) is 17.6 Å². The van der Waals surface area contributed by atoms with Crippen LogP contribution in [0.5, 0.6) is 0 Å². The second-order valence-corrected chi connectivity index (χ2v) is 4.57. The summed E-state index contributed by atoms with van der Waals surface area (Å²) in [5, 5.41) is 1.11. The first-order valence-corrected chi connectivity index (χ1v) is 5.88. The van der Waals surface area contributed by atoms with Crippen LogP contribution in [0.4, 0.5) is 0 Å². The van der Waals surface area contributed by atoms with Gasteiger partial charge in [-0.2, -0.15) is 0 Å². The van der Waals surface area contributed by atoms with E-state index in [0.29, 0.717) is 16.5 Å². The molecule has 1 aromatic rings. The normalized spacial score (nSPS) is 11.6. The number of halogens is 2. The summed E-state index contributed by atoms with van der Waals surface area (Å²) in [6.45, 7) is 3.60. The van der Waals surface area contributed by atoms with Gasteiger partial charge in [0, 0.05) is 6.42 Å². The van der Waals surface area contributed by atoms with Crippen molar-refractivity contribution >= 4 is 34.6 Å². The largest absolute Gasteiger partial charge is 0.300 e. The van der Waals surface area contributed by atoms with Crippen LogP contribution in [0, 0.1) is 0 Å². The van der Waals surface area contributed by atoms with E-state index < -0.39 is 0 Å². The highest BCUT2D eigenvalue weighted by Gasteiger charge is 2.01. The van der Waals surface area contributed by atoms with Crippen LogP contribution in [0.25, 0.3) is 5.57 Å². The maximum atomic E-state index is 10.8. The fraction of sp³-hybridized carbons (Fsp3) is 0.308. The molecule has 3 heteroatoms. The highest BCUT2D eigenvalue weighted by Crippen LogP contribution is 2.26. The Kier molecular flexibility index (Phi) is 5.04. The van der Waals surface area contributed by atoms with Gasteiger partial charge in [-0.3, -0.25) is 0 Å². The Morgan fingerprint density at radius 2 is 1.94 bits per heavy atom. The Morgan fingerprint density at radius 3 is 2.50 bits per heavy atom. The third kappa shape index (κ3) is 3.99. The minimum atomic E-state index is 0.207. The summed E-state index contributed by atoms with van der Waals surface area (Å²) in [6, 6.07) is 5.54. The van der Waals surface area contributed by atoms with Gasteiger partial charge in [-0.15, -0.1) is 0 Å². The molecular weight excluding hydrogens is 243 g/mol. The monoisotopic (exact) mass is 256 g/mol. The summed E-state index contributed by atoms with van der Waals surface area (Å²) in [5.41, 5.74) is 2.15. The smallest absolute Gasteiger partial charge is 0.130 e. The number of benzene rings is 1. The summed E-state index contributed by atoms with van der Waals surface area (Å²) in [6.07, 6.45) is 3.39. The standard InChI is InChI=1S/C13H14Cl2O/c1-9(4-3-5-10(2)16)11-6-7-12(14)13(15)8-11/h4,6-8H,3,5H2,1-2H3/b9-4-. The zero-order chi connectivity index (χ0) is 12.1. The molecule has 0 aliphatic rings. The third-order valence-electron chi connectivity index (χ3n) is 2.32. The van der Waals surface area contributed by atoms with Crippen LogP contribution in [0.15, 0.2) is 24.3 Å². The molecule has 0 bridgehead atoms. The molecule has 0 fully saturated rings. The first kappa shape index (κ1) is 13.3. The van der Waals surface area contributed by atoms with E-state index in [9.17, 15) is 4.79 Å². The van der Waals surface area contributed by atoms with Gasteiger partial charge >= 0.3 is 0 Å². The van der Waals surface area contributed by atoms with Gasteiger partial charge in [0.05, 0.1) is 10.0 Å². The molecule has 0 aromatic heterocycles. The zero-order valence-corrected chi connectivity index (χ0v) is 10.9. The molecular formula is C13H14Cl2O. The van der Waals surface area contributed by atoms with E-state index >= 15 is 0 Å². The van der Waals surface area contributed by atoms with Crippen molar-refractivity contribution in [3.05, 3.63) is 39.9 Å². The van der Waals surface area contributed by atoms with E-state index in [1.54, 1.807) is 13.0 Å². The fourth-order valence-corrected chi connectivity index (χ4v) is 1.65. The van der Waals surface area contributed by atoms with Gasteiger partial charge in [-0.25, -0.2) is 0 Å². The quantitative estimate of drug-likeness (QED) is 0.759. The Morgan fingerprint density at radius 1 is 1.25 bits per heavy atom. The Bertz CT molecular complexity index is 422. The highest BCUT2D eigenvalue weighted by molar-refractivity contribution is 6.42. The van der Waals surface area contributed by atoms with Crippen molar-refractivity contribution in [1.29, 1.82) is 0 Å². The number of hydrogen-bond acceptors (Lipinski definition) is 1. The molecule has 0 aliphatic carbocycles. The lowest BCUT2D eigenvalue weighted by molar-refractivity contribution is -0.116. The molecule has 0 spiro atoms. The number of Topliss-reactive ketones (excluding diaryl/α,β-unsaturated/α-hetero) is 1. The lowest BCUT2D eigenvalue weighted by Gasteiger charge is -2.03. The van der Waals surface area contributed by atoms with E-state index in [1.165, 1.54) is 0 Å². The predicted molar refractivity (Wildman–Crippen MR) is 70.0 cm³/mol. The Labute approximate surface area is 106 Å². The van der Waals surface area contributed by atoms with E-state index in [1.807, 2.05) is 25.1 Å². The van der Waals surface area contributed by atoms with E-state index in [2.05, 4.69) is 0 Å². The molecule has 0 saturated heterocycles. The maximum Gasteiger partial charge on any atom is 0.130 e. The maximum absolute atomic E-state index is 10.8. The first-order valence-electron chi connectivity index (χ1n) is 5.12. The van der Waals surface area contributed by atoms with Gasteiger partial charge in [-0.1, -0.05) is 35.3 Å². The van der Waals surface area contributed by atoms with Crippen molar-refractivity contribution in [2.45, 2.75) is 26.7 Å². The fourth-order valence-electron chi connectivity index (χ4n) is 1.35. The number of carbonyl (C=O) groups is 1. The topological polar surface area (TPSA) is 17.1 Å². The van der Waals surface area contributed by atoms with Gasteiger partial charge in [0.25, 0.3) is 0 Å². The van der Waals surface area contributed by atoms with Crippen LogP contribution in [-0.4, -0.2) is 5.78 Å². The summed E-state index contributed by atoms with van der Waals surface area (Å²) in [4.78, 5) is 10.8. The summed E-state index contributed by atoms with van der Waals surface area (Å²) in [7, 11) is 0. The van der Waals surface area contributed by atoms with Crippen LogP contribution in [-0.2, 0) is 4.79 Å². The SMILES string of the molecule is CC(=O)CC/C=C(/C)c1ccc(Cl)c(Cl)c1. The average Bonchev–Trinajstić information content (AvgIpc) is 2.21. The van der Waals surface area contributed by atoms with Crippen LogP contribution < -0.4 is 0 Å². The van der Waals surface area contributed by atoms with Crippen LogP contribution in [0.2, 0.25) is 10.0 Å². The van der Waals surface area contributed by atoms with E-state index in [4.69, 9.17) is 23.2 Å². The molecule has 86 valence electrons. The molecule has 0 unspecified atom stereocenters. The van der Waals surface area contributed by atoms with Crippen LogP contribution in [0.3, 0.4) is 0 Å². The predicted octanol–water partition coefficient (Wildman–Crippen LogP) is 4.77. The second kappa shape index (κ2) is 6.07. The second-order valence-electron chi connectivity index (χ2n) is 3.76. The van der Waals surface area contributed by atoms with Gasteiger partial charge < -0.3 is 4.79 Å². The molecule has 0 aliphatic heterocycles. The molecule has 0 amide bonds. The van der Waals surface area contributed by atoms with Crippen LogP contribution >= 0.6 is 23.2 Å². The van der Waals surface area contributed by atoms with Gasteiger partial charge in [0.15, 0.2) is 0 Å². The molecule has 0 atom stereocenters. The van der Waals surface area contributed by atoms with Crippen molar-refractivity contribution in [2.24, 2.45) is 0 Å². The molecule has 0 radical (unpaired) electrons. The number of ketones is 1. The summed E-state index contributed by atoms with van der Waals surface area (Å²) >= 11 is 11.8. The van der Waals surface area contributed by atoms with Gasteiger partial charge in [-0.05, 0) is 43.5 Å². The van der Waals surface area contributed by atoms with Gasteiger partial charge in [0.1, 0.15) is 5.78 Å². The van der Waals surface area contributed by atoms with Crippen molar-refractivity contribution < 1.29 is 4.79 Å². The molecule has 0 saturated carbocycles. The third-order valence-corrected chi connectivity index (χ3v) is 3.06. The molecule has 0 N–H and O–H groups in total. The number of carbonyl (C=O) groups excluding carboxylic acids is 1. The first-order chi connectivity index (χ1) is 7.50. The molecule has 0 heterocycles. The zero-order valence-electron chi connectivity index (χ0n) is 9.39. The number of hydrogen-bond donors (Lipinski definition) is 0. The number of allylic oxidation sites excluding steroid dienone is 2. The molecule has 1 rings (SSSR count). The number of rotatable bonds is 4. The lowest BCUT2D eigenvalue weighted by Crippen LogP contribution is -1.87. The molecule has 16 heavy (non-hydrogen) atoms. The minimum absolute atomic E-state index is 0.207. The van der Waals surface area contributed by atoms with Crippen LogP contribution in [0.1, 0.15) is 32.3 Å².